The molecule has 0 unspecified atom stereocenters. The standard InChI is InChI=1S/C21H21N5O2S/c1-14-6-15(2)8-17(7-14)26-20-18(9-23-26)21(28)25(13-22-20)11-19(27)24(3)10-16-4-5-29-12-16/h4-9,12-13H,10-11H2,1-3H3. The Balaban J connectivity index is 1.62. The maximum Gasteiger partial charge on any atom is 0.264 e. The van der Waals surface area contributed by atoms with E-state index in [1.54, 1.807) is 28.0 Å². The summed E-state index contributed by atoms with van der Waals surface area (Å²) >= 11 is 1.59. The average Bonchev–Trinajstić information content (AvgIpc) is 3.33. The largest absolute Gasteiger partial charge is 0.340 e. The monoisotopic (exact) mass is 407 g/mol. The molecule has 0 N–H and O–H groups in total. The van der Waals surface area contributed by atoms with Gasteiger partial charge >= 0.3 is 0 Å². The van der Waals surface area contributed by atoms with Gasteiger partial charge in [-0.3, -0.25) is 14.2 Å². The number of thiophene rings is 1. The van der Waals surface area contributed by atoms with Crippen molar-refractivity contribution in [2.45, 2.75) is 26.9 Å². The minimum absolute atomic E-state index is 0.0584. The maximum absolute atomic E-state index is 12.9. The van der Waals surface area contributed by atoms with Crippen molar-refractivity contribution in [1.29, 1.82) is 0 Å². The molecule has 0 radical (unpaired) electrons. The molecule has 0 saturated heterocycles. The van der Waals surface area contributed by atoms with Gasteiger partial charge in [0.25, 0.3) is 5.56 Å². The third-order valence-electron chi connectivity index (χ3n) is 4.74. The van der Waals surface area contributed by atoms with Crippen LogP contribution in [0.15, 0.2) is 52.3 Å². The molecule has 0 aliphatic heterocycles. The Kier molecular flexibility index (Phi) is 5.02. The van der Waals surface area contributed by atoms with Crippen molar-refractivity contribution >= 4 is 28.3 Å². The molecular weight excluding hydrogens is 386 g/mol. The van der Waals surface area contributed by atoms with Gasteiger partial charge in [0.15, 0.2) is 5.65 Å². The summed E-state index contributed by atoms with van der Waals surface area (Å²) in [6, 6.07) is 8.05. The van der Waals surface area contributed by atoms with E-state index in [0.717, 1.165) is 22.4 Å². The summed E-state index contributed by atoms with van der Waals surface area (Å²) in [5.74, 6) is -0.152. The lowest BCUT2D eigenvalue weighted by Crippen LogP contribution is -2.33. The number of amides is 1. The van der Waals surface area contributed by atoms with Gasteiger partial charge in [-0.1, -0.05) is 6.07 Å². The Morgan fingerprint density at radius 2 is 1.97 bits per heavy atom. The first-order valence-corrected chi connectivity index (χ1v) is 10.1. The van der Waals surface area contributed by atoms with Crippen LogP contribution in [0.5, 0.6) is 0 Å². The van der Waals surface area contributed by atoms with Crippen LogP contribution in [0, 0.1) is 13.8 Å². The molecule has 0 atom stereocenters. The normalized spacial score (nSPS) is 11.1. The molecule has 3 heterocycles. The Morgan fingerprint density at radius 3 is 2.66 bits per heavy atom. The number of carbonyl (C=O) groups is 1. The molecule has 8 heteroatoms. The number of likely N-dealkylation sites (N-methyl/N-ethyl adjacent to an activating group) is 1. The highest BCUT2D eigenvalue weighted by Gasteiger charge is 2.15. The van der Waals surface area contributed by atoms with Crippen molar-refractivity contribution in [1.82, 2.24) is 24.2 Å². The molecule has 29 heavy (non-hydrogen) atoms. The molecular formula is C21H21N5O2S. The van der Waals surface area contributed by atoms with Gasteiger partial charge in [-0.25, -0.2) is 9.67 Å². The van der Waals surface area contributed by atoms with Crippen LogP contribution in [-0.4, -0.2) is 37.2 Å². The number of aromatic nitrogens is 4. The first kappa shape index (κ1) is 19.1. The molecule has 0 fully saturated rings. The van der Waals surface area contributed by atoms with Crippen LogP contribution >= 0.6 is 11.3 Å². The van der Waals surface area contributed by atoms with E-state index in [9.17, 15) is 9.59 Å². The number of carbonyl (C=O) groups excluding carboxylic acids is 1. The number of aryl methyl sites for hydroxylation is 2. The van der Waals surface area contributed by atoms with E-state index in [1.807, 2.05) is 42.8 Å². The van der Waals surface area contributed by atoms with Crippen LogP contribution in [0.4, 0.5) is 0 Å². The first-order valence-electron chi connectivity index (χ1n) is 9.19. The summed E-state index contributed by atoms with van der Waals surface area (Å²) in [6.45, 7) is 4.48. The summed E-state index contributed by atoms with van der Waals surface area (Å²) in [5, 5.41) is 8.73. The minimum atomic E-state index is -0.275. The highest BCUT2D eigenvalue weighted by atomic mass is 32.1. The van der Waals surface area contributed by atoms with E-state index >= 15 is 0 Å². The Labute approximate surface area is 171 Å². The molecule has 7 nitrogen and oxygen atoms in total. The summed E-state index contributed by atoms with van der Waals surface area (Å²) in [5.41, 5.74) is 4.35. The number of benzene rings is 1. The lowest BCUT2D eigenvalue weighted by molar-refractivity contribution is -0.131. The van der Waals surface area contributed by atoms with Crippen molar-refractivity contribution < 1.29 is 4.79 Å². The van der Waals surface area contributed by atoms with Crippen LogP contribution < -0.4 is 5.56 Å². The van der Waals surface area contributed by atoms with E-state index in [1.165, 1.54) is 17.1 Å². The van der Waals surface area contributed by atoms with Crippen LogP contribution in [0.25, 0.3) is 16.7 Å². The van der Waals surface area contributed by atoms with Crippen molar-refractivity contribution in [3.63, 3.8) is 0 Å². The van der Waals surface area contributed by atoms with Crippen molar-refractivity contribution in [3.8, 4) is 5.69 Å². The van der Waals surface area contributed by atoms with Gasteiger partial charge in [0.05, 0.1) is 11.9 Å². The molecule has 0 aliphatic carbocycles. The van der Waals surface area contributed by atoms with Gasteiger partial charge in [-0.15, -0.1) is 0 Å². The predicted molar refractivity (Wildman–Crippen MR) is 113 cm³/mol. The maximum atomic E-state index is 12.9. The van der Waals surface area contributed by atoms with Gasteiger partial charge in [0, 0.05) is 13.6 Å². The highest BCUT2D eigenvalue weighted by Crippen LogP contribution is 2.17. The van der Waals surface area contributed by atoms with E-state index in [4.69, 9.17) is 0 Å². The second-order valence-electron chi connectivity index (χ2n) is 7.20. The second-order valence-corrected chi connectivity index (χ2v) is 7.98. The molecule has 0 spiro atoms. The molecule has 4 rings (SSSR count). The zero-order chi connectivity index (χ0) is 20.5. The molecule has 0 bridgehead atoms. The van der Waals surface area contributed by atoms with E-state index in [0.29, 0.717) is 17.6 Å². The Bertz CT molecular complexity index is 1220. The molecule has 3 aromatic heterocycles. The van der Waals surface area contributed by atoms with E-state index in [-0.39, 0.29) is 18.0 Å². The fourth-order valence-corrected chi connectivity index (χ4v) is 3.99. The zero-order valence-corrected chi connectivity index (χ0v) is 17.3. The quantitative estimate of drug-likeness (QED) is 0.510. The third-order valence-corrected chi connectivity index (χ3v) is 5.47. The number of nitrogens with zero attached hydrogens (tertiary/aromatic N) is 5. The van der Waals surface area contributed by atoms with Gasteiger partial charge in [-0.05, 0) is 59.5 Å². The summed E-state index contributed by atoms with van der Waals surface area (Å²) in [7, 11) is 1.73. The number of rotatable bonds is 5. The predicted octanol–water partition coefficient (Wildman–Crippen LogP) is 2.92. The van der Waals surface area contributed by atoms with Crippen LogP contribution in [0.3, 0.4) is 0 Å². The minimum Gasteiger partial charge on any atom is -0.340 e. The summed E-state index contributed by atoms with van der Waals surface area (Å²) in [4.78, 5) is 31.5. The lowest BCUT2D eigenvalue weighted by atomic mass is 10.1. The van der Waals surface area contributed by atoms with Gasteiger partial charge < -0.3 is 4.90 Å². The van der Waals surface area contributed by atoms with Gasteiger partial charge in [0.1, 0.15) is 18.3 Å². The number of hydrogen-bond donors (Lipinski definition) is 0. The fraction of sp³-hybridized carbons (Fsp3) is 0.238. The molecule has 148 valence electrons. The van der Waals surface area contributed by atoms with Crippen molar-refractivity contribution in [2.75, 3.05) is 7.05 Å². The third kappa shape index (κ3) is 3.84. The molecule has 0 saturated carbocycles. The summed E-state index contributed by atoms with van der Waals surface area (Å²) in [6.07, 6.45) is 2.93. The van der Waals surface area contributed by atoms with Gasteiger partial charge in [-0.2, -0.15) is 16.4 Å². The first-order chi connectivity index (χ1) is 13.9. The van der Waals surface area contributed by atoms with Crippen molar-refractivity contribution in [3.05, 3.63) is 74.6 Å². The van der Waals surface area contributed by atoms with Crippen LogP contribution in [0.2, 0.25) is 0 Å². The Morgan fingerprint density at radius 1 is 1.21 bits per heavy atom. The number of hydrogen-bond acceptors (Lipinski definition) is 5. The Hall–Kier alpha value is -3.26. The SMILES string of the molecule is Cc1cc(C)cc(-n2ncc3c(=O)n(CC(=O)N(C)Cc4ccsc4)cnc32)c1. The zero-order valence-electron chi connectivity index (χ0n) is 16.5. The topological polar surface area (TPSA) is 73.0 Å². The van der Waals surface area contributed by atoms with E-state index < -0.39 is 0 Å². The van der Waals surface area contributed by atoms with Crippen LogP contribution in [-0.2, 0) is 17.9 Å². The second kappa shape index (κ2) is 7.63. The molecule has 1 amide bonds. The van der Waals surface area contributed by atoms with E-state index in [2.05, 4.69) is 16.1 Å². The van der Waals surface area contributed by atoms with Gasteiger partial charge in [0.2, 0.25) is 5.91 Å². The average molecular weight is 407 g/mol. The number of fused-ring (bicyclic) bond motifs is 1. The fourth-order valence-electron chi connectivity index (χ4n) is 3.33. The molecule has 1 aromatic carbocycles. The highest BCUT2D eigenvalue weighted by molar-refractivity contribution is 7.07. The van der Waals surface area contributed by atoms with Crippen molar-refractivity contribution in [2.24, 2.45) is 0 Å². The van der Waals surface area contributed by atoms with Crippen LogP contribution in [0.1, 0.15) is 16.7 Å². The molecule has 0 aliphatic rings. The molecule has 4 aromatic rings. The summed E-state index contributed by atoms with van der Waals surface area (Å²) < 4.78 is 2.99. The smallest absolute Gasteiger partial charge is 0.264 e. The lowest BCUT2D eigenvalue weighted by Gasteiger charge is -2.17.